The van der Waals surface area contributed by atoms with Crippen LogP contribution in [-0.2, 0) is 0 Å². The van der Waals surface area contributed by atoms with Gasteiger partial charge in [-0.1, -0.05) is 17.7 Å². The Balaban J connectivity index is 1.86. The van der Waals surface area contributed by atoms with Gasteiger partial charge in [0.1, 0.15) is 5.56 Å². The first-order chi connectivity index (χ1) is 12.6. The van der Waals surface area contributed by atoms with Crippen LogP contribution < -0.4 is 5.32 Å². The normalized spacial score (nSPS) is 10.8. The summed E-state index contributed by atoms with van der Waals surface area (Å²) in [6.07, 6.45) is 5.47. The molecule has 0 aliphatic heterocycles. The molecule has 0 saturated carbocycles. The number of nitrogens with zero attached hydrogens (tertiary/aromatic N) is 4. The third-order valence-corrected chi connectivity index (χ3v) is 4.73. The third kappa shape index (κ3) is 2.93. The third-order valence-electron chi connectivity index (χ3n) is 4.04. The van der Waals surface area contributed by atoms with E-state index >= 15 is 0 Å². The standard InChI is InChI=1S/C19H17N5OS/c1-13-5-7-15(8-6-13)24-18(23-10-3-4-11-23)16(14(2)22-24)17(25)21-19-20-9-12-26-19/h3-12H,1-2H3,(H,20,21,25). The number of thiazole rings is 1. The molecular weight excluding hydrogens is 346 g/mol. The van der Waals surface area contributed by atoms with Crippen LogP contribution in [0.5, 0.6) is 0 Å². The molecule has 130 valence electrons. The van der Waals surface area contributed by atoms with Crippen LogP contribution >= 0.6 is 11.3 Å². The van der Waals surface area contributed by atoms with E-state index in [-0.39, 0.29) is 5.91 Å². The van der Waals surface area contributed by atoms with E-state index in [9.17, 15) is 4.79 Å². The topological polar surface area (TPSA) is 64.7 Å². The van der Waals surface area contributed by atoms with Gasteiger partial charge in [0.2, 0.25) is 0 Å². The molecule has 0 bridgehead atoms. The Labute approximate surface area is 154 Å². The summed E-state index contributed by atoms with van der Waals surface area (Å²) < 4.78 is 3.70. The number of benzene rings is 1. The minimum absolute atomic E-state index is 0.223. The number of amides is 1. The summed E-state index contributed by atoms with van der Waals surface area (Å²) in [6, 6.07) is 11.9. The molecule has 0 unspecified atom stereocenters. The molecule has 3 aromatic heterocycles. The summed E-state index contributed by atoms with van der Waals surface area (Å²) in [4.78, 5) is 17.1. The van der Waals surface area contributed by atoms with Gasteiger partial charge in [0, 0.05) is 24.0 Å². The Kier molecular flexibility index (Phi) is 4.14. The van der Waals surface area contributed by atoms with E-state index < -0.39 is 0 Å². The lowest BCUT2D eigenvalue weighted by molar-refractivity contribution is 0.102. The highest BCUT2D eigenvalue weighted by Crippen LogP contribution is 2.24. The van der Waals surface area contributed by atoms with Gasteiger partial charge in [0.25, 0.3) is 5.91 Å². The molecule has 0 aliphatic rings. The molecule has 0 saturated heterocycles. The predicted molar refractivity (Wildman–Crippen MR) is 102 cm³/mol. The quantitative estimate of drug-likeness (QED) is 0.596. The Bertz CT molecular complexity index is 1030. The SMILES string of the molecule is Cc1ccc(-n2nc(C)c(C(=O)Nc3nccs3)c2-n2cccc2)cc1. The van der Waals surface area contributed by atoms with Gasteiger partial charge in [-0.05, 0) is 38.1 Å². The Morgan fingerprint density at radius 1 is 1.12 bits per heavy atom. The van der Waals surface area contributed by atoms with Crippen molar-refractivity contribution in [1.29, 1.82) is 0 Å². The van der Waals surface area contributed by atoms with Gasteiger partial charge in [-0.3, -0.25) is 10.1 Å². The number of carbonyl (C=O) groups excluding carboxylic acids is 1. The van der Waals surface area contributed by atoms with E-state index in [2.05, 4.69) is 15.4 Å². The maximum absolute atomic E-state index is 12.9. The number of aromatic nitrogens is 4. The molecule has 1 N–H and O–H groups in total. The fourth-order valence-electron chi connectivity index (χ4n) is 2.81. The lowest BCUT2D eigenvalue weighted by Crippen LogP contribution is -2.16. The van der Waals surface area contributed by atoms with E-state index in [0.29, 0.717) is 22.2 Å². The number of rotatable bonds is 4. The average molecular weight is 363 g/mol. The molecule has 3 heterocycles. The van der Waals surface area contributed by atoms with Crippen molar-refractivity contribution in [2.24, 2.45) is 0 Å². The van der Waals surface area contributed by atoms with Gasteiger partial charge in [0.15, 0.2) is 10.9 Å². The number of aryl methyl sites for hydroxylation is 2. The smallest absolute Gasteiger partial charge is 0.263 e. The second-order valence-electron chi connectivity index (χ2n) is 5.91. The van der Waals surface area contributed by atoms with Crippen LogP contribution in [0.4, 0.5) is 5.13 Å². The van der Waals surface area contributed by atoms with Crippen molar-refractivity contribution < 1.29 is 4.79 Å². The van der Waals surface area contributed by atoms with Crippen LogP contribution in [0.15, 0.2) is 60.4 Å². The molecule has 1 aromatic carbocycles. The fraction of sp³-hybridized carbons (Fsp3) is 0.105. The number of anilines is 1. The molecule has 4 aromatic rings. The number of nitrogens with one attached hydrogen (secondary N) is 1. The number of hydrogen-bond donors (Lipinski definition) is 1. The highest BCUT2D eigenvalue weighted by Gasteiger charge is 2.24. The van der Waals surface area contributed by atoms with E-state index in [4.69, 9.17) is 0 Å². The molecule has 0 radical (unpaired) electrons. The summed E-state index contributed by atoms with van der Waals surface area (Å²) in [5.41, 5.74) is 3.25. The van der Waals surface area contributed by atoms with Crippen molar-refractivity contribution in [2.45, 2.75) is 13.8 Å². The Hall–Kier alpha value is -3.19. The summed E-state index contributed by atoms with van der Waals surface area (Å²) in [6.45, 7) is 3.88. The minimum atomic E-state index is -0.223. The second kappa shape index (κ2) is 6.61. The van der Waals surface area contributed by atoms with Crippen molar-refractivity contribution in [1.82, 2.24) is 19.3 Å². The first-order valence-electron chi connectivity index (χ1n) is 8.14. The molecule has 0 aliphatic carbocycles. The molecule has 0 atom stereocenters. The molecule has 7 heteroatoms. The minimum Gasteiger partial charge on any atom is -0.308 e. The fourth-order valence-corrected chi connectivity index (χ4v) is 3.33. The van der Waals surface area contributed by atoms with E-state index in [1.807, 2.05) is 72.6 Å². The molecular formula is C19H17N5OS. The summed E-state index contributed by atoms with van der Waals surface area (Å²) in [7, 11) is 0. The van der Waals surface area contributed by atoms with Crippen molar-refractivity contribution >= 4 is 22.4 Å². The van der Waals surface area contributed by atoms with Gasteiger partial charge in [-0.25, -0.2) is 9.67 Å². The molecule has 6 nitrogen and oxygen atoms in total. The summed E-state index contributed by atoms with van der Waals surface area (Å²) in [5, 5.41) is 9.88. The highest BCUT2D eigenvalue weighted by molar-refractivity contribution is 7.13. The lowest BCUT2D eigenvalue weighted by atomic mass is 10.2. The Morgan fingerprint density at radius 2 is 1.85 bits per heavy atom. The zero-order valence-electron chi connectivity index (χ0n) is 14.4. The first-order valence-corrected chi connectivity index (χ1v) is 9.02. The van der Waals surface area contributed by atoms with Crippen molar-refractivity contribution in [3.05, 3.63) is 77.2 Å². The second-order valence-corrected chi connectivity index (χ2v) is 6.81. The van der Waals surface area contributed by atoms with E-state index in [1.54, 1.807) is 10.9 Å². The molecule has 0 spiro atoms. The van der Waals surface area contributed by atoms with Gasteiger partial charge >= 0.3 is 0 Å². The van der Waals surface area contributed by atoms with Gasteiger partial charge in [0.05, 0.1) is 11.4 Å². The van der Waals surface area contributed by atoms with Crippen LogP contribution in [0.25, 0.3) is 11.5 Å². The molecule has 0 fully saturated rings. The van der Waals surface area contributed by atoms with Gasteiger partial charge < -0.3 is 4.57 Å². The summed E-state index contributed by atoms with van der Waals surface area (Å²) in [5.74, 6) is 0.477. The van der Waals surface area contributed by atoms with Crippen molar-refractivity contribution in [2.75, 3.05) is 5.32 Å². The zero-order valence-corrected chi connectivity index (χ0v) is 15.2. The van der Waals surface area contributed by atoms with Crippen molar-refractivity contribution in [3.63, 3.8) is 0 Å². The molecule has 4 rings (SSSR count). The van der Waals surface area contributed by atoms with Crippen LogP contribution in [0.2, 0.25) is 0 Å². The number of carbonyl (C=O) groups is 1. The van der Waals surface area contributed by atoms with E-state index in [1.165, 1.54) is 16.9 Å². The Morgan fingerprint density at radius 3 is 2.50 bits per heavy atom. The monoisotopic (exact) mass is 363 g/mol. The van der Waals surface area contributed by atoms with Crippen molar-refractivity contribution in [3.8, 4) is 11.5 Å². The van der Waals surface area contributed by atoms with Crippen LogP contribution in [-0.4, -0.2) is 25.2 Å². The maximum Gasteiger partial charge on any atom is 0.263 e. The lowest BCUT2D eigenvalue weighted by Gasteiger charge is -2.11. The molecule has 26 heavy (non-hydrogen) atoms. The van der Waals surface area contributed by atoms with Crippen LogP contribution in [0.1, 0.15) is 21.6 Å². The predicted octanol–water partition coefficient (Wildman–Crippen LogP) is 3.99. The van der Waals surface area contributed by atoms with E-state index in [0.717, 1.165) is 5.69 Å². The van der Waals surface area contributed by atoms with Crippen LogP contribution in [0, 0.1) is 13.8 Å². The van der Waals surface area contributed by atoms with Gasteiger partial charge in [-0.2, -0.15) is 5.10 Å². The summed E-state index contributed by atoms with van der Waals surface area (Å²) >= 11 is 1.38. The molecule has 1 amide bonds. The maximum atomic E-state index is 12.9. The average Bonchev–Trinajstić information content (AvgIpc) is 3.35. The van der Waals surface area contributed by atoms with Gasteiger partial charge in [-0.15, -0.1) is 11.3 Å². The highest BCUT2D eigenvalue weighted by atomic mass is 32.1. The largest absolute Gasteiger partial charge is 0.308 e. The number of hydrogen-bond acceptors (Lipinski definition) is 4. The zero-order chi connectivity index (χ0) is 18.1. The first kappa shape index (κ1) is 16.3. The van der Waals surface area contributed by atoms with Crippen LogP contribution in [0.3, 0.4) is 0 Å².